The molecule has 0 saturated carbocycles. The summed E-state index contributed by atoms with van der Waals surface area (Å²) in [6.45, 7) is 0. The average molecular weight is 497 g/mol. The third-order valence-electron chi connectivity index (χ3n) is 5.10. The maximum atomic E-state index is 11.3. The highest BCUT2D eigenvalue weighted by atomic mass is 35.5. The quantitative estimate of drug-likeness (QED) is 0.421. The first kappa shape index (κ1) is 23.6. The molecule has 2 aliphatic heterocycles. The van der Waals surface area contributed by atoms with Gasteiger partial charge < -0.3 is 35.0 Å². The van der Waals surface area contributed by atoms with Crippen molar-refractivity contribution in [1.82, 2.24) is 0 Å². The van der Waals surface area contributed by atoms with Gasteiger partial charge in [-0.2, -0.15) is 0 Å². The van der Waals surface area contributed by atoms with Crippen LogP contribution in [0.2, 0.25) is 10.0 Å². The van der Waals surface area contributed by atoms with Crippen LogP contribution in [0.25, 0.3) is 0 Å². The summed E-state index contributed by atoms with van der Waals surface area (Å²) < 4.78 is 10.6. The Kier molecular flexibility index (Phi) is 6.68. The SMILES string of the molecule is O=C(O)[C@H]1O[C@@H](OC2=Nc3ccc(Cl)cc3C(c3ccccc3Cl)=NC2O)[C@H](O)[C@@H](O)[C@@H]1O. The number of aliphatic hydroxyl groups excluding tert-OH is 4. The maximum Gasteiger partial charge on any atom is 0.335 e. The number of nitrogens with zero attached hydrogens (tertiary/aromatic N) is 2. The van der Waals surface area contributed by atoms with Crippen LogP contribution in [-0.2, 0) is 14.3 Å². The summed E-state index contributed by atoms with van der Waals surface area (Å²) >= 11 is 12.5. The predicted octanol–water partition coefficient (Wildman–Crippen LogP) is 1.10. The van der Waals surface area contributed by atoms with E-state index in [-0.39, 0.29) is 11.4 Å². The van der Waals surface area contributed by atoms with Crippen molar-refractivity contribution < 1.29 is 39.8 Å². The van der Waals surface area contributed by atoms with Crippen molar-refractivity contribution in [3.05, 3.63) is 63.6 Å². The monoisotopic (exact) mass is 496 g/mol. The Labute approximate surface area is 197 Å². The zero-order valence-electron chi connectivity index (χ0n) is 16.6. The third-order valence-corrected chi connectivity index (χ3v) is 5.66. The van der Waals surface area contributed by atoms with Crippen molar-refractivity contribution in [2.75, 3.05) is 0 Å². The molecule has 33 heavy (non-hydrogen) atoms. The lowest BCUT2D eigenvalue weighted by molar-refractivity contribution is -0.275. The molecular formula is C21H18Cl2N2O8. The van der Waals surface area contributed by atoms with E-state index in [2.05, 4.69) is 9.98 Å². The number of ether oxygens (including phenoxy) is 2. The molecule has 2 aromatic rings. The summed E-state index contributed by atoms with van der Waals surface area (Å²) in [7, 11) is 0. The topological polar surface area (TPSA) is 161 Å². The number of carboxylic acids is 1. The molecule has 5 N–H and O–H groups in total. The smallest absolute Gasteiger partial charge is 0.335 e. The van der Waals surface area contributed by atoms with E-state index in [4.69, 9.17) is 32.7 Å². The fraction of sp³-hybridized carbons (Fsp3) is 0.286. The van der Waals surface area contributed by atoms with E-state index in [9.17, 15) is 30.3 Å². The Bertz CT molecular complexity index is 1140. The van der Waals surface area contributed by atoms with E-state index in [1.807, 2.05) is 0 Å². The van der Waals surface area contributed by atoms with Crippen LogP contribution in [0.1, 0.15) is 11.1 Å². The van der Waals surface area contributed by atoms with Crippen LogP contribution in [0.3, 0.4) is 0 Å². The highest BCUT2D eigenvalue weighted by Crippen LogP contribution is 2.32. The second-order valence-corrected chi connectivity index (χ2v) is 8.14. The van der Waals surface area contributed by atoms with E-state index in [1.54, 1.807) is 42.5 Å². The van der Waals surface area contributed by atoms with Gasteiger partial charge in [-0.1, -0.05) is 41.4 Å². The maximum absolute atomic E-state index is 11.3. The molecular weight excluding hydrogens is 479 g/mol. The summed E-state index contributed by atoms with van der Waals surface area (Å²) in [5.41, 5.74) is 1.45. The van der Waals surface area contributed by atoms with Crippen LogP contribution < -0.4 is 0 Å². The predicted molar refractivity (Wildman–Crippen MR) is 117 cm³/mol. The molecule has 2 aliphatic rings. The molecule has 0 bridgehead atoms. The van der Waals surface area contributed by atoms with Gasteiger partial charge in [0.2, 0.25) is 18.4 Å². The minimum Gasteiger partial charge on any atom is -0.479 e. The number of halogens is 2. The molecule has 1 fully saturated rings. The molecule has 12 heteroatoms. The second kappa shape index (κ2) is 9.35. The van der Waals surface area contributed by atoms with E-state index < -0.39 is 48.8 Å². The first-order chi connectivity index (χ1) is 15.7. The second-order valence-electron chi connectivity index (χ2n) is 7.30. The van der Waals surface area contributed by atoms with Crippen molar-refractivity contribution in [3.63, 3.8) is 0 Å². The number of aliphatic imine (C=N–C) groups is 2. The summed E-state index contributed by atoms with van der Waals surface area (Å²) in [6, 6.07) is 11.5. The van der Waals surface area contributed by atoms with Gasteiger partial charge in [-0.3, -0.25) is 0 Å². The number of aliphatic hydroxyl groups is 4. The molecule has 0 radical (unpaired) electrons. The number of benzene rings is 2. The van der Waals surface area contributed by atoms with E-state index in [1.165, 1.54) is 0 Å². The van der Waals surface area contributed by atoms with Crippen molar-refractivity contribution in [2.45, 2.75) is 36.9 Å². The number of hydrogen-bond acceptors (Lipinski definition) is 9. The van der Waals surface area contributed by atoms with E-state index in [0.29, 0.717) is 21.2 Å². The molecule has 10 nitrogen and oxygen atoms in total. The summed E-state index contributed by atoms with van der Waals surface area (Å²) in [5.74, 6) is -2.03. The molecule has 0 amide bonds. The van der Waals surface area contributed by atoms with Crippen molar-refractivity contribution in [2.24, 2.45) is 9.98 Å². The number of rotatable bonds is 3. The van der Waals surface area contributed by atoms with Gasteiger partial charge in [0.15, 0.2) is 6.10 Å². The molecule has 0 spiro atoms. The Morgan fingerprint density at radius 2 is 1.70 bits per heavy atom. The van der Waals surface area contributed by atoms with Crippen LogP contribution in [-0.4, -0.2) is 80.0 Å². The zero-order valence-corrected chi connectivity index (χ0v) is 18.1. The number of hydrogen-bond donors (Lipinski definition) is 5. The van der Waals surface area contributed by atoms with Gasteiger partial charge in [0.25, 0.3) is 0 Å². The van der Waals surface area contributed by atoms with E-state index in [0.717, 1.165) is 0 Å². The average Bonchev–Trinajstić information content (AvgIpc) is 2.90. The lowest BCUT2D eigenvalue weighted by Gasteiger charge is -2.38. The molecule has 174 valence electrons. The number of carbonyl (C=O) groups is 1. The normalized spacial score (nSPS) is 29.4. The first-order valence-electron chi connectivity index (χ1n) is 9.65. The van der Waals surface area contributed by atoms with Crippen LogP contribution >= 0.6 is 23.2 Å². The van der Waals surface area contributed by atoms with Crippen molar-refractivity contribution >= 4 is 46.5 Å². The Balaban J connectivity index is 1.74. The standard InChI is InChI=1S/C21H18Cl2N2O8/c22-8-5-6-12-10(7-8)13(9-3-1-2-4-11(9)23)25-18(29)19(24-12)33-21-16(28)14(26)15(27)17(32-21)20(30)31/h1-7,14-18,21,26-29H,(H,30,31)/t14-,15-,16+,17-,18?,21-/m0/s1. The van der Waals surface area contributed by atoms with Gasteiger partial charge in [0.05, 0.1) is 11.4 Å². The highest BCUT2D eigenvalue weighted by molar-refractivity contribution is 6.36. The third kappa shape index (κ3) is 4.59. The van der Waals surface area contributed by atoms with Crippen LogP contribution in [0, 0.1) is 0 Å². The van der Waals surface area contributed by atoms with E-state index >= 15 is 0 Å². The molecule has 0 aliphatic carbocycles. The van der Waals surface area contributed by atoms with Gasteiger partial charge in [0.1, 0.15) is 18.3 Å². The fourth-order valence-corrected chi connectivity index (χ4v) is 3.84. The van der Waals surface area contributed by atoms with Gasteiger partial charge in [-0.15, -0.1) is 0 Å². The van der Waals surface area contributed by atoms with Crippen LogP contribution in [0.4, 0.5) is 5.69 Å². The molecule has 1 unspecified atom stereocenters. The van der Waals surface area contributed by atoms with Crippen molar-refractivity contribution in [1.29, 1.82) is 0 Å². The van der Waals surface area contributed by atoms with Crippen molar-refractivity contribution in [3.8, 4) is 0 Å². The minimum atomic E-state index is -1.90. The van der Waals surface area contributed by atoms with Gasteiger partial charge in [-0.05, 0) is 24.3 Å². The van der Waals surface area contributed by atoms with Gasteiger partial charge in [-0.25, -0.2) is 14.8 Å². The molecule has 1 saturated heterocycles. The minimum absolute atomic E-state index is 0.261. The van der Waals surface area contributed by atoms with Crippen LogP contribution in [0.5, 0.6) is 0 Å². The number of fused-ring (bicyclic) bond motifs is 1. The number of carboxylic acid groups (broad SMARTS) is 1. The Morgan fingerprint density at radius 1 is 0.970 bits per heavy atom. The summed E-state index contributed by atoms with van der Waals surface area (Å²) in [6.07, 6.45) is -11.0. The molecule has 0 aromatic heterocycles. The highest BCUT2D eigenvalue weighted by Gasteiger charge is 2.48. The molecule has 6 atom stereocenters. The zero-order chi connectivity index (χ0) is 23.9. The Morgan fingerprint density at radius 3 is 2.39 bits per heavy atom. The van der Waals surface area contributed by atoms with Gasteiger partial charge >= 0.3 is 5.97 Å². The largest absolute Gasteiger partial charge is 0.479 e. The molecule has 4 rings (SSSR count). The molecule has 2 aromatic carbocycles. The first-order valence-corrected chi connectivity index (χ1v) is 10.4. The fourth-order valence-electron chi connectivity index (χ4n) is 3.44. The number of aliphatic carboxylic acids is 1. The van der Waals surface area contributed by atoms with Gasteiger partial charge in [0, 0.05) is 21.2 Å². The lowest BCUT2D eigenvalue weighted by atomic mass is 9.99. The molecule has 2 heterocycles. The summed E-state index contributed by atoms with van der Waals surface area (Å²) in [4.78, 5) is 19.9. The van der Waals surface area contributed by atoms with Crippen LogP contribution in [0.15, 0.2) is 52.4 Å². The summed E-state index contributed by atoms with van der Waals surface area (Å²) in [5, 5.41) is 50.8. The Hall–Kier alpha value is -2.57. The lowest BCUT2D eigenvalue weighted by Crippen LogP contribution is -2.60.